The Kier molecular flexibility index (Phi) is 8.98. The van der Waals surface area contributed by atoms with Gasteiger partial charge < -0.3 is 15.5 Å². The number of Topliss-reactive ketones (excluding diaryl/α,β-unsaturated/α-hetero) is 1. The molecule has 2 aliphatic rings. The second-order valence-corrected chi connectivity index (χ2v) is 10.1. The van der Waals surface area contributed by atoms with Gasteiger partial charge in [-0.1, -0.05) is 36.4 Å². The topological polar surface area (TPSA) is 108 Å². The molecule has 2 fully saturated rings. The Morgan fingerprint density at radius 3 is 2.38 bits per heavy atom. The average molecular weight is 545 g/mol. The number of alkyl halides is 3. The van der Waals surface area contributed by atoms with Crippen molar-refractivity contribution in [2.75, 3.05) is 6.54 Å². The Hall–Kier alpha value is -3.76. The molecule has 1 saturated carbocycles. The molecule has 1 saturated heterocycles. The van der Waals surface area contributed by atoms with Crippen molar-refractivity contribution in [1.82, 2.24) is 20.5 Å². The van der Waals surface area contributed by atoms with Crippen molar-refractivity contribution in [2.45, 2.75) is 69.2 Å². The van der Waals surface area contributed by atoms with Crippen molar-refractivity contribution >= 4 is 23.5 Å². The Bertz CT molecular complexity index is 1170. The van der Waals surface area contributed by atoms with Crippen molar-refractivity contribution in [3.05, 3.63) is 66.0 Å². The number of carbonyl (C=O) groups is 4. The standard InChI is InChI=1S/C28H31F3N4O4/c29-20-15-23(35(17-20)27(39)19-9-11-28(30,31)12-10-19)25(37)34-22(14-18-6-2-1-3-7-18)24(36)26(38)33-16-21-8-4-5-13-32-21/h1-8,13,19-20,22-23H,9-12,14-17H2,(H,33,38)(H,34,37)/t20?,22-,23-/m1/s1. The van der Waals surface area contributed by atoms with Crippen molar-refractivity contribution in [1.29, 1.82) is 0 Å². The number of nitrogens with zero attached hydrogens (tertiary/aromatic N) is 2. The summed E-state index contributed by atoms with van der Waals surface area (Å²) in [6, 6.07) is 11.4. The van der Waals surface area contributed by atoms with Crippen LogP contribution >= 0.6 is 0 Å². The SMILES string of the molecule is O=C(NCc1ccccn1)C(=O)[C@@H](Cc1ccccc1)NC(=O)[C@H]1CC(F)CN1C(=O)C1CCC(F)(F)CC1. The van der Waals surface area contributed by atoms with E-state index >= 15 is 0 Å². The molecule has 8 nitrogen and oxygen atoms in total. The van der Waals surface area contributed by atoms with Gasteiger partial charge in [0.2, 0.25) is 23.5 Å². The molecule has 1 aromatic carbocycles. The predicted octanol–water partition coefficient (Wildman–Crippen LogP) is 2.76. The number of hydrogen-bond donors (Lipinski definition) is 2. The zero-order chi connectivity index (χ0) is 28.0. The van der Waals surface area contributed by atoms with E-state index in [1.165, 1.54) is 0 Å². The lowest BCUT2D eigenvalue weighted by molar-refractivity contribution is -0.146. The van der Waals surface area contributed by atoms with Gasteiger partial charge in [0.15, 0.2) is 0 Å². The largest absolute Gasteiger partial charge is 0.344 e. The molecule has 1 aliphatic carbocycles. The van der Waals surface area contributed by atoms with Crippen LogP contribution in [0.5, 0.6) is 0 Å². The lowest BCUT2D eigenvalue weighted by atomic mass is 9.85. The van der Waals surface area contributed by atoms with Crippen molar-refractivity contribution in [3.63, 3.8) is 0 Å². The van der Waals surface area contributed by atoms with Crippen molar-refractivity contribution < 1.29 is 32.3 Å². The molecule has 2 aromatic rings. The zero-order valence-corrected chi connectivity index (χ0v) is 21.3. The van der Waals surface area contributed by atoms with Crippen LogP contribution < -0.4 is 10.6 Å². The molecule has 3 atom stereocenters. The maximum absolute atomic E-state index is 14.4. The molecule has 4 rings (SSSR count). The molecule has 208 valence electrons. The van der Waals surface area contributed by atoms with Crippen LogP contribution in [-0.4, -0.2) is 64.1 Å². The first-order valence-corrected chi connectivity index (χ1v) is 13.0. The average Bonchev–Trinajstić information content (AvgIpc) is 3.33. The van der Waals surface area contributed by atoms with E-state index in [0.717, 1.165) is 4.90 Å². The molecule has 11 heteroatoms. The number of carbonyl (C=O) groups excluding carboxylic acids is 4. The van der Waals surface area contributed by atoms with Gasteiger partial charge in [0.25, 0.3) is 5.91 Å². The summed E-state index contributed by atoms with van der Waals surface area (Å²) in [4.78, 5) is 57.5. The summed E-state index contributed by atoms with van der Waals surface area (Å²) in [7, 11) is 0. The monoisotopic (exact) mass is 544 g/mol. The molecule has 3 amide bonds. The summed E-state index contributed by atoms with van der Waals surface area (Å²) in [6.07, 6.45) is -1.16. The minimum Gasteiger partial charge on any atom is -0.344 e. The van der Waals surface area contributed by atoms with Crippen LogP contribution in [0.1, 0.15) is 43.4 Å². The van der Waals surface area contributed by atoms with Crippen molar-refractivity contribution in [3.8, 4) is 0 Å². The van der Waals surface area contributed by atoms with E-state index in [4.69, 9.17) is 0 Å². The number of halogens is 3. The molecule has 2 heterocycles. The summed E-state index contributed by atoms with van der Waals surface area (Å²) in [5.41, 5.74) is 1.22. The van der Waals surface area contributed by atoms with E-state index in [9.17, 15) is 32.3 Å². The van der Waals surface area contributed by atoms with Crippen LogP contribution in [0.4, 0.5) is 13.2 Å². The first kappa shape index (κ1) is 28.3. The van der Waals surface area contributed by atoms with Crippen LogP contribution in [0.3, 0.4) is 0 Å². The summed E-state index contributed by atoms with van der Waals surface area (Å²) in [5.74, 6) is -6.67. The first-order valence-electron chi connectivity index (χ1n) is 13.0. The van der Waals surface area contributed by atoms with Crippen LogP contribution in [-0.2, 0) is 32.1 Å². The summed E-state index contributed by atoms with van der Waals surface area (Å²) in [5, 5.41) is 5.07. The van der Waals surface area contributed by atoms with Crippen LogP contribution in [0.2, 0.25) is 0 Å². The maximum atomic E-state index is 14.4. The normalized spacial score (nSPS) is 21.7. The summed E-state index contributed by atoms with van der Waals surface area (Å²) < 4.78 is 41.6. The molecule has 0 radical (unpaired) electrons. The van der Waals surface area contributed by atoms with E-state index in [1.807, 2.05) is 0 Å². The van der Waals surface area contributed by atoms with Crippen molar-refractivity contribution in [2.24, 2.45) is 5.92 Å². The van der Waals surface area contributed by atoms with Gasteiger partial charge in [-0.25, -0.2) is 13.2 Å². The van der Waals surface area contributed by atoms with Gasteiger partial charge in [-0.05, 0) is 30.5 Å². The third-order valence-corrected chi connectivity index (χ3v) is 7.20. The molecular weight excluding hydrogens is 513 g/mol. The lowest BCUT2D eigenvalue weighted by Gasteiger charge is -2.32. The zero-order valence-electron chi connectivity index (χ0n) is 21.3. The Labute approximate surface area is 224 Å². The van der Waals surface area contributed by atoms with Gasteiger partial charge in [0, 0.05) is 37.8 Å². The lowest BCUT2D eigenvalue weighted by Crippen LogP contribution is -2.54. The molecular formula is C28H31F3N4O4. The molecule has 39 heavy (non-hydrogen) atoms. The molecule has 1 aliphatic heterocycles. The van der Waals surface area contributed by atoms with E-state index < -0.39 is 66.4 Å². The minimum absolute atomic E-state index is 0.000151. The fourth-order valence-corrected chi connectivity index (χ4v) is 5.04. The molecule has 1 aromatic heterocycles. The number of aromatic nitrogens is 1. The van der Waals surface area contributed by atoms with Gasteiger partial charge >= 0.3 is 0 Å². The van der Waals surface area contributed by atoms with E-state index in [2.05, 4.69) is 15.6 Å². The van der Waals surface area contributed by atoms with Crippen LogP contribution in [0, 0.1) is 5.92 Å². The van der Waals surface area contributed by atoms with Gasteiger partial charge in [-0.2, -0.15) is 0 Å². The Balaban J connectivity index is 1.46. The number of ketones is 1. The Morgan fingerprint density at radius 2 is 1.72 bits per heavy atom. The fourth-order valence-electron chi connectivity index (χ4n) is 5.04. The third-order valence-electron chi connectivity index (χ3n) is 7.20. The summed E-state index contributed by atoms with van der Waals surface area (Å²) >= 11 is 0. The third kappa shape index (κ3) is 7.42. The number of likely N-dealkylation sites (tertiary alicyclic amines) is 1. The highest BCUT2D eigenvalue weighted by Gasteiger charge is 2.45. The van der Waals surface area contributed by atoms with E-state index in [1.54, 1.807) is 54.7 Å². The maximum Gasteiger partial charge on any atom is 0.289 e. The quantitative estimate of drug-likeness (QED) is 0.472. The number of nitrogens with one attached hydrogen (secondary N) is 2. The van der Waals surface area contributed by atoms with Gasteiger partial charge in [-0.3, -0.25) is 24.2 Å². The smallest absolute Gasteiger partial charge is 0.289 e. The molecule has 1 unspecified atom stereocenters. The highest BCUT2D eigenvalue weighted by molar-refractivity contribution is 6.38. The van der Waals surface area contributed by atoms with E-state index in [-0.39, 0.29) is 38.8 Å². The summed E-state index contributed by atoms with van der Waals surface area (Å²) in [6.45, 7) is -0.321. The highest BCUT2D eigenvalue weighted by Crippen LogP contribution is 2.38. The second-order valence-electron chi connectivity index (χ2n) is 10.1. The van der Waals surface area contributed by atoms with Gasteiger partial charge in [0.05, 0.1) is 18.8 Å². The first-order chi connectivity index (χ1) is 18.6. The fraction of sp³-hybridized carbons (Fsp3) is 0.464. The number of amides is 3. The predicted molar refractivity (Wildman–Crippen MR) is 135 cm³/mol. The van der Waals surface area contributed by atoms with Gasteiger partial charge in [-0.15, -0.1) is 0 Å². The number of pyridine rings is 1. The highest BCUT2D eigenvalue weighted by atomic mass is 19.3. The van der Waals surface area contributed by atoms with E-state index in [0.29, 0.717) is 11.3 Å². The molecule has 0 bridgehead atoms. The van der Waals surface area contributed by atoms with Gasteiger partial charge in [0.1, 0.15) is 18.3 Å². The van der Waals surface area contributed by atoms with Crippen LogP contribution in [0.25, 0.3) is 0 Å². The van der Waals surface area contributed by atoms with Crippen LogP contribution in [0.15, 0.2) is 54.7 Å². The number of hydrogen-bond acceptors (Lipinski definition) is 5. The minimum atomic E-state index is -2.83. The molecule has 2 N–H and O–H groups in total. The Morgan fingerprint density at radius 1 is 1.03 bits per heavy atom. The number of rotatable bonds is 9. The number of benzene rings is 1. The molecule has 0 spiro atoms. The second kappa shape index (κ2) is 12.4.